The van der Waals surface area contributed by atoms with Crippen LogP contribution in [0.3, 0.4) is 0 Å². The highest BCUT2D eigenvalue weighted by atomic mass is 32.2. The lowest BCUT2D eigenvalue weighted by Gasteiger charge is -2.24. The van der Waals surface area contributed by atoms with E-state index < -0.39 is 0 Å². The molecule has 1 N–H and O–H groups in total. The molecule has 0 aromatic carbocycles. The molecule has 0 radical (unpaired) electrons. The van der Waals surface area contributed by atoms with Gasteiger partial charge in [-0.3, -0.25) is 0 Å². The minimum atomic E-state index is 0.132. The number of amides is 2. The first-order valence-electron chi connectivity index (χ1n) is 8.53. The van der Waals surface area contributed by atoms with Gasteiger partial charge < -0.3 is 14.6 Å². The maximum Gasteiger partial charge on any atom is 0.317 e. The van der Waals surface area contributed by atoms with Crippen molar-refractivity contribution in [2.24, 2.45) is 0 Å². The second kappa shape index (κ2) is 7.95. The van der Waals surface area contributed by atoms with Gasteiger partial charge in [-0.2, -0.15) is 0 Å². The smallest absolute Gasteiger partial charge is 0.317 e. The molecule has 0 spiro atoms. The molecule has 4 nitrogen and oxygen atoms in total. The average molecular weight is 322 g/mol. The van der Waals surface area contributed by atoms with Gasteiger partial charge in [0.05, 0.1) is 11.5 Å². The Balaban J connectivity index is 1.50. The molecule has 1 saturated carbocycles. The minimum absolute atomic E-state index is 0.132. The van der Waals surface area contributed by atoms with Crippen LogP contribution >= 0.6 is 11.8 Å². The van der Waals surface area contributed by atoms with Gasteiger partial charge >= 0.3 is 6.03 Å². The summed E-state index contributed by atoms with van der Waals surface area (Å²) < 4.78 is 5.52. The first kappa shape index (κ1) is 15.8. The predicted molar refractivity (Wildman–Crippen MR) is 90.1 cm³/mol. The number of carbonyl (C=O) groups is 1. The monoisotopic (exact) mass is 322 g/mol. The molecule has 2 aliphatic rings. The molecule has 1 aliphatic carbocycles. The summed E-state index contributed by atoms with van der Waals surface area (Å²) >= 11 is 1.90. The van der Waals surface area contributed by atoms with Crippen molar-refractivity contribution in [3.05, 3.63) is 24.2 Å². The van der Waals surface area contributed by atoms with Crippen LogP contribution in [0.4, 0.5) is 4.79 Å². The molecule has 5 heteroatoms. The molecule has 0 bridgehead atoms. The Morgan fingerprint density at radius 2 is 2.00 bits per heavy atom. The van der Waals surface area contributed by atoms with E-state index in [4.69, 9.17) is 4.42 Å². The number of urea groups is 1. The van der Waals surface area contributed by atoms with Gasteiger partial charge in [0.15, 0.2) is 0 Å². The minimum Gasteiger partial charge on any atom is -0.468 e. The highest BCUT2D eigenvalue weighted by Crippen LogP contribution is 2.34. The zero-order chi connectivity index (χ0) is 15.2. The summed E-state index contributed by atoms with van der Waals surface area (Å²) in [4.78, 5) is 14.5. The molecule has 22 heavy (non-hydrogen) atoms. The summed E-state index contributed by atoms with van der Waals surface area (Å²) in [5.41, 5.74) is 0. The molecule has 2 amide bonds. The van der Waals surface area contributed by atoms with Crippen LogP contribution in [0.1, 0.15) is 56.0 Å². The molecule has 1 saturated heterocycles. The van der Waals surface area contributed by atoms with E-state index in [2.05, 4.69) is 5.32 Å². The summed E-state index contributed by atoms with van der Waals surface area (Å²) in [6.45, 7) is 1.65. The molecule has 2 fully saturated rings. The topological polar surface area (TPSA) is 45.5 Å². The molecular formula is C17H26N2O2S. The van der Waals surface area contributed by atoms with E-state index in [9.17, 15) is 4.79 Å². The maximum atomic E-state index is 12.5. The highest BCUT2D eigenvalue weighted by Gasteiger charge is 2.25. The number of hydrogen-bond donors (Lipinski definition) is 1. The second-order valence-electron chi connectivity index (χ2n) is 6.29. The van der Waals surface area contributed by atoms with Gasteiger partial charge in [0.2, 0.25) is 0 Å². The number of carbonyl (C=O) groups excluding carboxylic acids is 1. The van der Waals surface area contributed by atoms with Gasteiger partial charge in [-0.05, 0) is 31.4 Å². The van der Waals surface area contributed by atoms with Crippen LogP contribution in [0.15, 0.2) is 22.8 Å². The molecule has 1 aromatic heterocycles. The van der Waals surface area contributed by atoms with Gasteiger partial charge in [-0.25, -0.2) is 4.79 Å². The van der Waals surface area contributed by atoms with Crippen LogP contribution < -0.4 is 5.32 Å². The third-order valence-corrected chi connectivity index (χ3v) is 5.96. The van der Waals surface area contributed by atoms with Crippen LogP contribution in [-0.4, -0.2) is 35.8 Å². The van der Waals surface area contributed by atoms with Crippen molar-refractivity contribution in [1.82, 2.24) is 10.2 Å². The Morgan fingerprint density at radius 3 is 2.73 bits per heavy atom. The van der Waals surface area contributed by atoms with Crippen LogP contribution in [0.25, 0.3) is 0 Å². The standard InChI is InChI=1S/C17H26N2O2S/c20-17(18-14-6-3-1-2-4-7-14)19-10-9-16(22-13-11-19)15-8-5-12-21-15/h5,8,12,14,16H,1-4,6-7,9-11,13H2,(H,18,20). The van der Waals surface area contributed by atoms with Crippen molar-refractivity contribution in [3.63, 3.8) is 0 Å². The first-order valence-corrected chi connectivity index (χ1v) is 9.58. The van der Waals surface area contributed by atoms with E-state index >= 15 is 0 Å². The number of rotatable bonds is 2. The van der Waals surface area contributed by atoms with Crippen molar-refractivity contribution < 1.29 is 9.21 Å². The summed E-state index contributed by atoms with van der Waals surface area (Å²) in [5, 5.41) is 3.64. The molecule has 1 unspecified atom stereocenters. The normalized spacial score (nSPS) is 24.5. The maximum absolute atomic E-state index is 12.5. The molecule has 1 aromatic rings. The van der Waals surface area contributed by atoms with Crippen LogP contribution in [0, 0.1) is 0 Å². The Bertz CT molecular complexity index is 455. The van der Waals surface area contributed by atoms with Gasteiger partial charge in [0.25, 0.3) is 0 Å². The van der Waals surface area contributed by atoms with Crippen LogP contribution in [0.2, 0.25) is 0 Å². The van der Waals surface area contributed by atoms with Crippen molar-refractivity contribution in [3.8, 4) is 0 Å². The predicted octanol–water partition coefficient (Wildman–Crippen LogP) is 4.19. The summed E-state index contributed by atoms with van der Waals surface area (Å²) in [5.74, 6) is 2.01. The van der Waals surface area contributed by atoms with Gasteiger partial charge in [-0.15, -0.1) is 11.8 Å². The second-order valence-corrected chi connectivity index (χ2v) is 7.60. The number of furan rings is 1. The lowest BCUT2D eigenvalue weighted by Crippen LogP contribution is -2.45. The van der Waals surface area contributed by atoms with Crippen LogP contribution in [-0.2, 0) is 0 Å². The largest absolute Gasteiger partial charge is 0.468 e. The van der Waals surface area contributed by atoms with E-state index in [1.807, 2.05) is 28.8 Å². The van der Waals surface area contributed by atoms with Crippen molar-refractivity contribution in [2.75, 3.05) is 18.8 Å². The third kappa shape index (κ3) is 4.22. The zero-order valence-electron chi connectivity index (χ0n) is 13.1. The molecule has 2 heterocycles. The summed E-state index contributed by atoms with van der Waals surface area (Å²) in [7, 11) is 0. The molecule has 122 valence electrons. The van der Waals surface area contributed by atoms with Crippen molar-refractivity contribution in [1.29, 1.82) is 0 Å². The fourth-order valence-electron chi connectivity index (χ4n) is 3.36. The van der Waals surface area contributed by atoms with E-state index in [0.717, 1.165) is 43.9 Å². The first-order chi connectivity index (χ1) is 10.8. The van der Waals surface area contributed by atoms with E-state index in [0.29, 0.717) is 11.3 Å². The Kier molecular flexibility index (Phi) is 5.70. The van der Waals surface area contributed by atoms with E-state index in [1.165, 1.54) is 25.7 Å². The number of hydrogen-bond acceptors (Lipinski definition) is 3. The van der Waals surface area contributed by atoms with E-state index in [1.54, 1.807) is 6.26 Å². The van der Waals surface area contributed by atoms with Gasteiger partial charge in [-0.1, -0.05) is 25.7 Å². The Labute approximate surface area is 137 Å². The van der Waals surface area contributed by atoms with Crippen LogP contribution in [0.5, 0.6) is 0 Å². The lowest BCUT2D eigenvalue weighted by atomic mass is 10.1. The molecule has 1 atom stereocenters. The van der Waals surface area contributed by atoms with E-state index in [-0.39, 0.29) is 6.03 Å². The Morgan fingerprint density at radius 1 is 1.18 bits per heavy atom. The third-order valence-electron chi connectivity index (χ3n) is 4.67. The molecule has 3 rings (SSSR count). The summed E-state index contributed by atoms with van der Waals surface area (Å²) in [6, 6.07) is 4.50. The number of nitrogens with zero attached hydrogens (tertiary/aromatic N) is 1. The summed E-state index contributed by atoms with van der Waals surface area (Å²) in [6.07, 6.45) is 10.1. The quantitative estimate of drug-likeness (QED) is 0.830. The van der Waals surface area contributed by atoms with Gasteiger partial charge in [0, 0.05) is 24.9 Å². The average Bonchev–Trinajstić information content (AvgIpc) is 2.79. The number of nitrogens with one attached hydrogen (secondary N) is 1. The zero-order valence-corrected chi connectivity index (χ0v) is 13.9. The fourth-order valence-corrected chi connectivity index (χ4v) is 4.55. The van der Waals surface area contributed by atoms with Crippen molar-refractivity contribution in [2.45, 2.75) is 56.2 Å². The molecular weight excluding hydrogens is 296 g/mol. The lowest BCUT2D eigenvalue weighted by molar-refractivity contribution is 0.195. The van der Waals surface area contributed by atoms with Crippen molar-refractivity contribution >= 4 is 17.8 Å². The van der Waals surface area contributed by atoms with Gasteiger partial charge in [0.1, 0.15) is 5.76 Å². The SMILES string of the molecule is O=C(NC1CCCCCC1)N1CCSC(c2ccco2)CC1. The Hall–Kier alpha value is -1.10. The molecule has 1 aliphatic heterocycles. The fraction of sp³-hybridized carbons (Fsp3) is 0.706. The number of thioether (sulfide) groups is 1. The highest BCUT2D eigenvalue weighted by molar-refractivity contribution is 7.99.